The quantitative estimate of drug-likeness (QED) is 0.597. The molecule has 0 aromatic heterocycles. The maximum atomic E-state index is 10.6. The topological polar surface area (TPSA) is 63.3 Å². The second-order valence-corrected chi connectivity index (χ2v) is 3.79. The zero-order valence-electron chi connectivity index (χ0n) is 6.86. The van der Waals surface area contributed by atoms with E-state index in [4.69, 9.17) is 10.8 Å². The average molecular weight is 167 g/mol. The summed E-state index contributed by atoms with van der Waals surface area (Å²) in [5.74, 6) is 0.686. The van der Waals surface area contributed by atoms with E-state index in [9.17, 15) is 4.79 Å². The highest BCUT2D eigenvalue weighted by molar-refractivity contribution is 5.77. The van der Waals surface area contributed by atoms with Crippen LogP contribution in [-0.2, 0) is 4.79 Å². The van der Waals surface area contributed by atoms with Gasteiger partial charge in [-0.05, 0) is 36.7 Å². The average Bonchev–Trinajstić information content (AvgIpc) is 2.79. The molecule has 0 amide bonds. The third-order valence-corrected chi connectivity index (χ3v) is 2.92. The molecule has 12 heavy (non-hydrogen) atoms. The van der Waals surface area contributed by atoms with E-state index in [1.54, 1.807) is 0 Å². The predicted molar refractivity (Wildman–Crippen MR) is 44.5 cm³/mol. The normalized spacial score (nSPS) is 34.9. The van der Waals surface area contributed by atoms with Gasteiger partial charge in [-0.15, -0.1) is 0 Å². The number of carbonyl (C=O) groups is 1. The minimum Gasteiger partial charge on any atom is -0.480 e. The lowest BCUT2D eigenvalue weighted by atomic mass is 9.94. The molecule has 2 aliphatic rings. The van der Waals surface area contributed by atoms with E-state index >= 15 is 0 Å². The Labute approximate surface area is 71.3 Å². The Morgan fingerprint density at radius 2 is 2.42 bits per heavy atom. The molecular weight excluding hydrogens is 154 g/mol. The van der Waals surface area contributed by atoms with Crippen LogP contribution in [0.25, 0.3) is 0 Å². The van der Waals surface area contributed by atoms with Crippen molar-refractivity contribution in [2.45, 2.75) is 25.3 Å². The van der Waals surface area contributed by atoms with E-state index < -0.39 is 12.0 Å². The molecule has 0 aliphatic heterocycles. The van der Waals surface area contributed by atoms with E-state index in [0.717, 1.165) is 30.3 Å². The molecule has 2 rings (SSSR count). The van der Waals surface area contributed by atoms with Gasteiger partial charge in [0.15, 0.2) is 0 Å². The minimum atomic E-state index is -0.902. The molecule has 3 heteroatoms. The second-order valence-electron chi connectivity index (χ2n) is 3.79. The van der Waals surface area contributed by atoms with E-state index in [1.165, 1.54) is 6.42 Å². The lowest BCUT2D eigenvalue weighted by molar-refractivity contribution is -0.137. The summed E-state index contributed by atoms with van der Waals surface area (Å²) in [6.45, 7) is 0. The first-order valence-electron chi connectivity index (χ1n) is 4.36. The molecule has 0 bridgehead atoms. The fourth-order valence-electron chi connectivity index (χ4n) is 1.95. The first-order chi connectivity index (χ1) is 5.68. The molecule has 2 aliphatic carbocycles. The van der Waals surface area contributed by atoms with E-state index in [-0.39, 0.29) is 0 Å². The van der Waals surface area contributed by atoms with Crippen LogP contribution in [0.1, 0.15) is 19.3 Å². The van der Waals surface area contributed by atoms with Crippen LogP contribution in [0.2, 0.25) is 0 Å². The summed E-state index contributed by atoms with van der Waals surface area (Å²) >= 11 is 0. The van der Waals surface area contributed by atoms with Gasteiger partial charge in [0.05, 0.1) is 0 Å². The summed E-state index contributed by atoms with van der Waals surface area (Å²) in [5.41, 5.74) is 6.44. The first-order valence-corrected chi connectivity index (χ1v) is 4.36. The third kappa shape index (κ3) is 1.25. The number of carboxylic acid groups (broad SMARTS) is 1. The van der Waals surface area contributed by atoms with Crippen LogP contribution in [-0.4, -0.2) is 17.1 Å². The first kappa shape index (κ1) is 7.80. The Bertz CT molecular complexity index is 247. The Hall–Kier alpha value is -0.830. The van der Waals surface area contributed by atoms with Gasteiger partial charge in [0.2, 0.25) is 0 Å². The fourth-order valence-corrected chi connectivity index (χ4v) is 1.95. The zero-order valence-corrected chi connectivity index (χ0v) is 6.86. The molecule has 3 nitrogen and oxygen atoms in total. The molecule has 0 radical (unpaired) electrons. The number of hydrogen-bond donors (Lipinski definition) is 2. The summed E-state index contributed by atoms with van der Waals surface area (Å²) in [5, 5.41) is 8.67. The molecule has 0 spiro atoms. The van der Waals surface area contributed by atoms with Crippen molar-refractivity contribution in [1.82, 2.24) is 0 Å². The molecule has 2 unspecified atom stereocenters. The predicted octanol–water partition coefficient (Wildman–Crippen LogP) is 0.755. The standard InChI is InChI=1S/C9H13NO2/c10-8(9(11)12)6-2-1-5-3-7(5)4-6/h2,5,7-8H,1,3-4,10H2,(H,11,12)/t5?,7?,8-/m1/s1. The van der Waals surface area contributed by atoms with Crippen molar-refractivity contribution in [3.05, 3.63) is 11.6 Å². The van der Waals surface area contributed by atoms with Crippen molar-refractivity contribution in [3.8, 4) is 0 Å². The Morgan fingerprint density at radius 3 is 3.00 bits per heavy atom. The van der Waals surface area contributed by atoms with Gasteiger partial charge in [-0.25, -0.2) is 0 Å². The van der Waals surface area contributed by atoms with E-state index in [2.05, 4.69) is 0 Å². The van der Waals surface area contributed by atoms with Crippen molar-refractivity contribution in [2.75, 3.05) is 0 Å². The number of rotatable bonds is 2. The van der Waals surface area contributed by atoms with Crippen LogP contribution >= 0.6 is 0 Å². The van der Waals surface area contributed by atoms with Gasteiger partial charge in [0.1, 0.15) is 6.04 Å². The molecule has 3 N–H and O–H groups in total. The van der Waals surface area contributed by atoms with Crippen LogP contribution in [0.15, 0.2) is 11.6 Å². The summed E-state index contributed by atoms with van der Waals surface area (Å²) in [7, 11) is 0. The Morgan fingerprint density at radius 1 is 1.67 bits per heavy atom. The van der Waals surface area contributed by atoms with Crippen LogP contribution in [0.5, 0.6) is 0 Å². The van der Waals surface area contributed by atoms with Crippen LogP contribution in [0.4, 0.5) is 0 Å². The van der Waals surface area contributed by atoms with Crippen LogP contribution < -0.4 is 5.73 Å². The van der Waals surface area contributed by atoms with Gasteiger partial charge in [0.25, 0.3) is 0 Å². The fraction of sp³-hybridized carbons (Fsp3) is 0.667. The number of nitrogens with two attached hydrogens (primary N) is 1. The lowest BCUT2D eigenvalue weighted by Crippen LogP contribution is -2.33. The van der Waals surface area contributed by atoms with Gasteiger partial charge >= 0.3 is 5.97 Å². The van der Waals surface area contributed by atoms with Crippen molar-refractivity contribution in [2.24, 2.45) is 17.6 Å². The van der Waals surface area contributed by atoms with Gasteiger partial charge in [-0.2, -0.15) is 0 Å². The Kier molecular flexibility index (Phi) is 1.68. The summed E-state index contributed by atoms with van der Waals surface area (Å²) in [4.78, 5) is 10.6. The van der Waals surface area contributed by atoms with Crippen LogP contribution in [0.3, 0.4) is 0 Å². The number of fused-ring (bicyclic) bond motifs is 1. The second kappa shape index (κ2) is 2.59. The van der Waals surface area contributed by atoms with Crippen molar-refractivity contribution >= 4 is 5.97 Å². The van der Waals surface area contributed by atoms with Gasteiger partial charge < -0.3 is 10.8 Å². The highest BCUT2D eigenvalue weighted by Gasteiger charge is 2.40. The van der Waals surface area contributed by atoms with Gasteiger partial charge in [-0.3, -0.25) is 4.79 Å². The molecular formula is C9H13NO2. The summed E-state index contributed by atoms with van der Waals surface area (Å²) in [6.07, 6.45) is 5.25. The van der Waals surface area contributed by atoms with Crippen molar-refractivity contribution in [1.29, 1.82) is 0 Å². The number of carboxylic acids is 1. The van der Waals surface area contributed by atoms with E-state index in [1.807, 2.05) is 6.08 Å². The van der Waals surface area contributed by atoms with Gasteiger partial charge in [0, 0.05) is 0 Å². The molecule has 1 saturated carbocycles. The largest absolute Gasteiger partial charge is 0.480 e. The number of hydrogen-bond acceptors (Lipinski definition) is 2. The monoisotopic (exact) mass is 167 g/mol. The third-order valence-electron chi connectivity index (χ3n) is 2.92. The highest BCUT2D eigenvalue weighted by Crippen LogP contribution is 2.49. The van der Waals surface area contributed by atoms with Crippen molar-refractivity contribution < 1.29 is 9.90 Å². The molecule has 0 saturated heterocycles. The number of allylic oxidation sites excluding steroid dienone is 1. The summed E-state index contributed by atoms with van der Waals surface area (Å²) in [6, 6.07) is -0.758. The maximum absolute atomic E-state index is 10.6. The molecule has 0 aromatic carbocycles. The highest BCUT2D eigenvalue weighted by atomic mass is 16.4. The molecule has 1 fully saturated rings. The zero-order chi connectivity index (χ0) is 8.72. The maximum Gasteiger partial charge on any atom is 0.324 e. The smallest absolute Gasteiger partial charge is 0.324 e. The lowest BCUT2D eigenvalue weighted by Gasteiger charge is -2.15. The Balaban J connectivity index is 2.03. The van der Waals surface area contributed by atoms with Crippen molar-refractivity contribution in [3.63, 3.8) is 0 Å². The van der Waals surface area contributed by atoms with Crippen LogP contribution in [0, 0.1) is 11.8 Å². The molecule has 66 valence electrons. The minimum absolute atomic E-state index is 0.746. The molecule has 3 atom stereocenters. The number of aliphatic carboxylic acids is 1. The molecule has 0 aromatic rings. The summed E-state index contributed by atoms with van der Waals surface area (Å²) < 4.78 is 0. The van der Waals surface area contributed by atoms with E-state index in [0.29, 0.717) is 0 Å². The van der Waals surface area contributed by atoms with Gasteiger partial charge in [-0.1, -0.05) is 6.08 Å². The molecule has 0 heterocycles. The SMILES string of the molecule is N[C@@H](C(=O)O)C1=CCC2CC2C1.